The molecule has 0 spiro atoms. The van der Waals surface area contributed by atoms with E-state index in [4.69, 9.17) is 18.8 Å². The van der Waals surface area contributed by atoms with E-state index in [0.29, 0.717) is 5.82 Å². The Morgan fingerprint density at radius 1 is 0.412 bits per heavy atom. The molecule has 0 saturated heterocycles. The molecule has 5 nitrogen and oxygen atoms in total. The van der Waals surface area contributed by atoms with Crippen molar-refractivity contribution in [2.24, 2.45) is 0 Å². The van der Waals surface area contributed by atoms with Gasteiger partial charge in [-0.05, 0) is 48.5 Å². The van der Waals surface area contributed by atoms with Crippen LogP contribution >= 0.6 is 0 Å². The van der Waals surface area contributed by atoms with Crippen LogP contribution in [0.4, 0.5) is 0 Å². The largest absolute Gasteiger partial charge is 0.452 e. The summed E-state index contributed by atoms with van der Waals surface area (Å²) in [7, 11) is 0. The van der Waals surface area contributed by atoms with E-state index >= 15 is 0 Å². The van der Waals surface area contributed by atoms with Crippen LogP contribution in [-0.4, -0.2) is 14.5 Å². The first-order valence-corrected chi connectivity index (χ1v) is 17.1. The molecule has 238 valence electrons. The summed E-state index contributed by atoms with van der Waals surface area (Å²) < 4.78 is 15.6. The molecule has 11 rings (SSSR count). The SMILES string of the molecule is c1ccc(-c2cc(-c3ccccc3)nc(-c3ccc(-n4c5ccccc5c5c6c7ccccc7oc6c6oc7ccccc7c6c54)cc3)n2)cc1. The van der Waals surface area contributed by atoms with Gasteiger partial charge in [-0.15, -0.1) is 0 Å². The molecule has 0 saturated carbocycles. The van der Waals surface area contributed by atoms with Gasteiger partial charge in [0.2, 0.25) is 0 Å². The van der Waals surface area contributed by atoms with Crippen molar-refractivity contribution in [2.75, 3.05) is 0 Å². The van der Waals surface area contributed by atoms with E-state index in [1.54, 1.807) is 0 Å². The van der Waals surface area contributed by atoms with Crippen molar-refractivity contribution < 1.29 is 8.83 Å². The Morgan fingerprint density at radius 2 is 0.922 bits per heavy atom. The first kappa shape index (κ1) is 27.9. The van der Waals surface area contributed by atoms with Gasteiger partial charge in [-0.3, -0.25) is 0 Å². The Labute approximate surface area is 291 Å². The molecule has 51 heavy (non-hydrogen) atoms. The van der Waals surface area contributed by atoms with Crippen LogP contribution < -0.4 is 0 Å². The lowest BCUT2D eigenvalue weighted by molar-refractivity contribution is 0.633. The van der Waals surface area contributed by atoms with Crippen molar-refractivity contribution >= 4 is 65.7 Å². The highest BCUT2D eigenvalue weighted by Crippen LogP contribution is 2.48. The fraction of sp³-hybridized carbons (Fsp3) is 0. The van der Waals surface area contributed by atoms with Gasteiger partial charge < -0.3 is 13.4 Å². The number of aromatic nitrogens is 3. The molecular formula is C46H27N3O2. The van der Waals surface area contributed by atoms with E-state index in [-0.39, 0.29) is 0 Å². The molecule has 4 heterocycles. The first-order chi connectivity index (χ1) is 25.3. The van der Waals surface area contributed by atoms with E-state index in [1.807, 2.05) is 60.7 Å². The lowest BCUT2D eigenvalue weighted by Gasteiger charge is -2.12. The number of fused-ring (bicyclic) bond motifs is 12. The number of hydrogen-bond donors (Lipinski definition) is 0. The minimum atomic E-state index is 0.679. The van der Waals surface area contributed by atoms with Crippen LogP contribution in [0.25, 0.3) is 105 Å². The number of para-hydroxylation sites is 3. The summed E-state index contributed by atoms with van der Waals surface area (Å²) in [6.45, 7) is 0. The summed E-state index contributed by atoms with van der Waals surface area (Å²) in [6, 6.07) is 56.4. The van der Waals surface area contributed by atoms with Gasteiger partial charge in [-0.2, -0.15) is 0 Å². The van der Waals surface area contributed by atoms with Gasteiger partial charge in [-0.1, -0.05) is 115 Å². The normalized spacial score (nSPS) is 11.9. The lowest BCUT2D eigenvalue weighted by Crippen LogP contribution is -1.97. The molecule has 4 aromatic heterocycles. The number of nitrogens with zero attached hydrogens (tertiary/aromatic N) is 3. The highest BCUT2D eigenvalue weighted by atomic mass is 16.4. The summed E-state index contributed by atoms with van der Waals surface area (Å²) in [6.07, 6.45) is 0. The third-order valence-electron chi connectivity index (χ3n) is 10.0. The summed E-state index contributed by atoms with van der Waals surface area (Å²) in [4.78, 5) is 10.2. The molecular weight excluding hydrogens is 627 g/mol. The molecule has 0 radical (unpaired) electrons. The average Bonchev–Trinajstić information content (AvgIpc) is 3.88. The molecule has 0 atom stereocenters. The summed E-state index contributed by atoms with van der Waals surface area (Å²) in [5, 5.41) is 6.55. The maximum Gasteiger partial charge on any atom is 0.180 e. The molecule has 0 unspecified atom stereocenters. The van der Waals surface area contributed by atoms with E-state index < -0.39 is 0 Å². The maximum atomic E-state index is 6.64. The molecule has 0 N–H and O–H groups in total. The molecule has 0 fully saturated rings. The monoisotopic (exact) mass is 653 g/mol. The van der Waals surface area contributed by atoms with E-state index in [1.165, 1.54) is 0 Å². The molecule has 0 amide bonds. The second kappa shape index (κ2) is 10.8. The topological polar surface area (TPSA) is 57.0 Å². The van der Waals surface area contributed by atoms with Crippen LogP contribution in [-0.2, 0) is 0 Å². The lowest BCUT2D eigenvalue weighted by atomic mass is 10.0. The number of hydrogen-bond acceptors (Lipinski definition) is 4. The van der Waals surface area contributed by atoms with Crippen molar-refractivity contribution in [1.29, 1.82) is 0 Å². The van der Waals surface area contributed by atoms with E-state index in [0.717, 1.165) is 99.4 Å². The van der Waals surface area contributed by atoms with Crippen molar-refractivity contribution in [1.82, 2.24) is 14.5 Å². The molecule has 0 aliphatic carbocycles. The van der Waals surface area contributed by atoms with E-state index in [2.05, 4.69) is 108 Å². The molecule has 0 bridgehead atoms. The van der Waals surface area contributed by atoms with Crippen LogP contribution in [0.3, 0.4) is 0 Å². The third kappa shape index (κ3) is 4.15. The van der Waals surface area contributed by atoms with Crippen LogP contribution in [0.15, 0.2) is 173 Å². The quantitative estimate of drug-likeness (QED) is 0.190. The second-order valence-corrected chi connectivity index (χ2v) is 12.9. The predicted molar refractivity (Wildman–Crippen MR) is 207 cm³/mol. The van der Waals surface area contributed by atoms with Gasteiger partial charge in [0, 0.05) is 49.3 Å². The zero-order chi connectivity index (χ0) is 33.5. The summed E-state index contributed by atoms with van der Waals surface area (Å²) >= 11 is 0. The molecule has 11 aromatic rings. The Balaban J connectivity index is 1.18. The summed E-state index contributed by atoms with van der Waals surface area (Å²) in [5.41, 5.74) is 11.3. The standard InChI is InChI=1S/C46H27N3O2/c1-3-13-28(14-4-1)35-27-36(29-15-5-2-6-16-29)48-46(47-35)30-23-25-31(26-24-30)49-37-20-10-7-17-32(37)40-41-33-18-8-11-21-38(33)50-44(41)45-42(43(40)49)34-19-9-12-22-39(34)51-45/h1-27H. The fourth-order valence-electron chi connectivity index (χ4n) is 7.74. The first-order valence-electron chi connectivity index (χ1n) is 17.1. The zero-order valence-electron chi connectivity index (χ0n) is 27.2. The number of furan rings is 2. The Bertz CT molecular complexity index is 3060. The Kier molecular flexibility index (Phi) is 5.89. The van der Waals surface area contributed by atoms with Crippen molar-refractivity contribution in [3.05, 3.63) is 164 Å². The average molecular weight is 654 g/mol. The van der Waals surface area contributed by atoms with Gasteiger partial charge in [-0.25, -0.2) is 9.97 Å². The minimum Gasteiger partial charge on any atom is -0.452 e. The Hall–Kier alpha value is -6.98. The van der Waals surface area contributed by atoms with Crippen molar-refractivity contribution in [3.8, 4) is 39.6 Å². The smallest absolute Gasteiger partial charge is 0.180 e. The van der Waals surface area contributed by atoms with Gasteiger partial charge in [0.25, 0.3) is 0 Å². The van der Waals surface area contributed by atoms with Crippen LogP contribution in [0.2, 0.25) is 0 Å². The molecule has 7 aromatic carbocycles. The third-order valence-corrected chi connectivity index (χ3v) is 10.0. The molecule has 0 aliphatic rings. The zero-order valence-corrected chi connectivity index (χ0v) is 27.2. The molecule has 0 aliphatic heterocycles. The summed E-state index contributed by atoms with van der Waals surface area (Å²) in [5.74, 6) is 0.679. The van der Waals surface area contributed by atoms with Crippen molar-refractivity contribution in [2.45, 2.75) is 0 Å². The van der Waals surface area contributed by atoms with Gasteiger partial charge >= 0.3 is 0 Å². The van der Waals surface area contributed by atoms with Crippen LogP contribution in [0.1, 0.15) is 0 Å². The number of benzene rings is 7. The van der Waals surface area contributed by atoms with Gasteiger partial charge in [0.15, 0.2) is 17.0 Å². The highest BCUT2D eigenvalue weighted by molar-refractivity contribution is 6.38. The predicted octanol–water partition coefficient (Wildman–Crippen LogP) is 12.4. The minimum absolute atomic E-state index is 0.679. The molecule has 5 heteroatoms. The van der Waals surface area contributed by atoms with Gasteiger partial charge in [0.1, 0.15) is 11.2 Å². The van der Waals surface area contributed by atoms with Gasteiger partial charge in [0.05, 0.1) is 27.8 Å². The van der Waals surface area contributed by atoms with Crippen molar-refractivity contribution in [3.63, 3.8) is 0 Å². The maximum absolute atomic E-state index is 6.64. The number of rotatable bonds is 4. The fourth-order valence-corrected chi connectivity index (χ4v) is 7.74. The van der Waals surface area contributed by atoms with Crippen LogP contribution in [0, 0.1) is 0 Å². The van der Waals surface area contributed by atoms with Crippen LogP contribution in [0.5, 0.6) is 0 Å². The second-order valence-electron chi connectivity index (χ2n) is 12.9. The van der Waals surface area contributed by atoms with E-state index in [9.17, 15) is 0 Å². The Morgan fingerprint density at radius 3 is 1.55 bits per heavy atom. The highest BCUT2D eigenvalue weighted by Gasteiger charge is 2.26.